The summed E-state index contributed by atoms with van der Waals surface area (Å²) >= 11 is 0. The van der Waals surface area contributed by atoms with E-state index < -0.39 is 6.16 Å². The molecule has 11 heavy (non-hydrogen) atoms. The van der Waals surface area contributed by atoms with Gasteiger partial charge in [-0.1, -0.05) is 13.8 Å². The molecule has 0 rings (SSSR count). The van der Waals surface area contributed by atoms with Crippen LogP contribution in [0, 0.1) is 5.92 Å². The van der Waals surface area contributed by atoms with Crippen LogP contribution in [0.3, 0.4) is 0 Å². The fourth-order valence-electron chi connectivity index (χ4n) is 0.575. The lowest BCUT2D eigenvalue weighted by Gasteiger charge is -1.95. The van der Waals surface area contributed by atoms with Crippen molar-refractivity contribution in [1.29, 1.82) is 0 Å². The van der Waals surface area contributed by atoms with Gasteiger partial charge in [0.15, 0.2) is 0 Å². The Morgan fingerprint density at radius 1 is 1.27 bits per heavy atom. The lowest BCUT2D eigenvalue weighted by molar-refractivity contribution is -0.117. The summed E-state index contributed by atoms with van der Waals surface area (Å²) in [5.74, 6) is 0.813. The molecule has 0 saturated heterocycles. The Balaban J connectivity index is 0. The van der Waals surface area contributed by atoms with Crippen molar-refractivity contribution < 1.29 is 19.8 Å². The monoisotopic (exact) mass is 162 g/mol. The molecule has 0 aliphatic heterocycles. The molecule has 4 nitrogen and oxygen atoms in total. The minimum Gasteiger partial charge on any atom is -0.450 e. The van der Waals surface area contributed by atoms with Gasteiger partial charge in [-0.15, -0.1) is 0 Å². The summed E-state index contributed by atoms with van der Waals surface area (Å²) in [6.45, 7) is 5.71. The van der Waals surface area contributed by atoms with Gasteiger partial charge in [0.2, 0.25) is 0 Å². The number of carboxylic acid groups (broad SMARTS) is 2. The van der Waals surface area contributed by atoms with Crippen LogP contribution in [0.2, 0.25) is 0 Å². The number of ketones is 1. The average molecular weight is 162 g/mol. The van der Waals surface area contributed by atoms with Crippen LogP contribution in [0.5, 0.6) is 0 Å². The van der Waals surface area contributed by atoms with E-state index in [0.29, 0.717) is 5.92 Å². The molecule has 0 aromatic rings. The lowest BCUT2D eigenvalue weighted by atomic mass is 10.1. The molecular formula is C7H14O4. The highest BCUT2D eigenvalue weighted by molar-refractivity contribution is 5.75. The first-order valence-corrected chi connectivity index (χ1v) is 3.27. The molecule has 0 saturated carbocycles. The number of rotatable bonds is 2. The summed E-state index contributed by atoms with van der Waals surface area (Å²) in [7, 11) is 0. The van der Waals surface area contributed by atoms with Crippen LogP contribution in [0.1, 0.15) is 27.2 Å². The summed E-state index contributed by atoms with van der Waals surface area (Å²) in [6, 6.07) is 0. The fraction of sp³-hybridized carbons (Fsp3) is 0.714. The zero-order valence-electron chi connectivity index (χ0n) is 7.00. The van der Waals surface area contributed by atoms with Gasteiger partial charge in [0.05, 0.1) is 0 Å². The van der Waals surface area contributed by atoms with Gasteiger partial charge in [-0.05, 0) is 12.8 Å². The Kier molecular flexibility index (Phi) is 8.08. The Labute approximate surface area is 65.8 Å². The topological polar surface area (TPSA) is 74.6 Å². The molecular weight excluding hydrogens is 148 g/mol. The van der Waals surface area contributed by atoms with Crippen molar-refractivity contribution in [3.63, 3.8) is 0 Å². The molecule has 0 bridgehead atoms. The number of carbonyl (C=O) groups is 2. The van der Waals surface area contributed by atoms with Crippen molar-refractivity contribution >= 4 is 11.9 Å². The lowest BCUT2D eigenvalue weighted by Crippen LogP contribution is -1.95. The van der Waals surface area contributed by atoms with Crippen LogP contribution in [-0.2, 0) is 4.79 Å². The van der Waals surface area contributed by atoms with Crippen molar-refractivity contribution in [3.05, 3.63) is 0 Å². The zero-order valence-corrected chi connectivity index (χ0v) is 7.00. The second kappa shape index (κ2) is 7.05. The third kappa shape index (κ3) is 49.8. The number of carbonyl (C=O) groups excluding carboxylic acids is 1. The van der Waals surface area contributed by atoms with Gasteiger partial charge in [-0.25, -0.2) is 4.79 Å². The van der Waals surface area contributed by atoms with E-state index in [9.17, 15) is 4.79 Å². The highest BCUT2D eigenvalue weighted by Gasteiger charge is 1.95. The SMILES string of the molecule is CC(=O)CC(C)C.O=C(O)O. The van der Waals surface area contributed by atoms with Gasteiger partial charge in [-0.2, -0.15) is 0 Å². The smallest absolute Gasteiger partial charge is 0.450 e. The Hall–Kier alpha value is -1.06. The second-order valence-electron chi connectivity index (χ2n) is 2.58. The van der Waals surface area contributed by atoms with Crippen LogP contribution in [0.4, 0.5) is 4.79 Å². The molecule has 0 radical (unpaired) electrons. The van der Waals surface area contributed by atoms with Crippen molar-refractivity contribution in [2.24, 2.45) is 5.92 Å². The van der Waals surface area contributed by atoms with E-state index in [2.05, 4.69) is 0 Å². The summed E-state index contributed by atoms with van der Waals surface area (Å²) in [5, 5.41) is 13.9. The molecule has 0 heterocycles. The Morgan fingerprint density at radius 2 is 1.55 bits per heavy atom. The molecule has 4 heteroatoms. The highest BCUT2D eigenvalue weighted by Crippen LogP contribution is 1.97. The number of Topliss-reactive ketones (excluding diaryl/α,β-unsaturated/α-hetero) is 1. The molecule has 66 valence electrons. The molecule has 0 aliphatic rings. The highest BCUT2D eigenvalue weighted by atomic mass is 16.6. The molecule has 0 fully saturated rings. The second-order valence-corrected chi connectivity index (χ2v) is 2.58. The first kappa shape index (κ1) is 12.6. The summed E-state index contributed by atoms with van der Waals surface area (Å²) in [4.78, 5) is 18.8. The third-order valence-electron chi connectivity index (χ3n) is 0.696. The van der Waals surface area contributed by atoms with E-state index in [1.807, 2.05) is 13.8 Å². The van der Waals surface area contributed by atoms with E-state index in [4.69, 9.17) is 15.0 Å². The molecule has 0 aromatic heterocycles. The van der Waals surface area contributed by atoms with Gasteiger partial charge in [0.25, 0.3) is 0 Å². The minimum absolute atomic E-state index is 0.287. The van der Waals surface area contributed by atoms with E-state index in [1.54, 1.807) is 6.92 Å². The quantitative estimate of drug-likeness (QED) is 0.649. The first-order chi connectivity index (χ1) is 4.86. The molecule has 0 aliphatic carbocycles. The van der Waals surface area contributed by atoms with E-state index in [0.717, 1.165) is 6.42 Å². The zero-order chi connectivity index (χ0) is 9.44. The van der Waals surface area contributed by atoms with Gasteiger partial charge in [0, 0.05) is 6.42 Å². The van der Waals surface area contributed by atoms with Crippen LogP contribution in [0.25, 0.3) is 0 Å². The van der Waals surface area contributed by atoms with Crippen molar-refractivity contribution in [2.75, 3.05) is 0 Å². The van der Waals surface area contributed by atoms with Crippen molar-refractivity contribution in [3.8, 4) is 0 Å². The maximum absolute atomic E-state index is 10.3. The largest absolute Gasteiger partial charge is 0.503 e. The van der Waals surface area contributed by atoms with Gasteiger partial charge in [-0.3, -0.25) is 0 Å². The molecule has 0 spiro atoms. The van der Waals surface area contributed by atoms with Gasteiger partial charge < -0.3 is 15.0 Å². The van der Waals surface area contributed by atoms with Crippen LogP contribution in [0.15, 0.2) is 0 Å². The van der Waals surface area contributed by atoms with E-state index >= 15 is 0 Å². The molecule has 0 unspecified atom stereocenters. The average Bonchev–Trinajstić information content (AvgIpc) is 1.56. The predicted octanol–water partition coefficient (Wildman–Crippen LogP) is 1.84. The van der Waals surface area contributed by atoms with Crippen LogP contribution >= 0.6 is 0 Å². The maximum Gasteiger partial charge on any atom is 0.503 e. The Bertz CT molecular complexity index is 124. The minimum atomic E-state index is -1.83. The standard InChI is InChI=1S/C6H12O.CH2O3/c1-5(2)4-6(3)7;2-1(3)4/h5H,4H2,1-3H3;(H2,2,3,4). The molecule has 0 aromatic carbocycles. The van der Waals surface area contributed by atoms with Gasteiger partial charge in [0.1, 0.15) is 5.78 Å². The van der Waals surface area contributed by atoms with Crippen LogP contribution in [-0.4, -0.2) is 22.2 Å². The van der Waals surface area contributed by atoms with Crippen LogP contribution < -0.4 is 0 Å². The molecule has 0 amide bonds. The first-order valence-electron chi connectivity index (χ1n) is 3.27. The normalized spacial score (nSPS) is 8.36. The molecule has 2 N–H and O–H groups in total. The Morgan fingerprint density at radius 3 is 1.55 bits per heavy atom. The van der Waals surface area contributed by atoms with E-state index in [-0.39, 0.29) is 5.78 Å². The summed E-state index contributed by atoms with van der Waals surface area (Å²) in [5.41, 5.74) is 0. The van der Waals surface area contributed by atoms with Gasteiger partial charge >= 0.3 is 6.16 Å². The predicted molar refractivity (Wildman–Crippen MR) is 40.8 cm³/mol. The maximum atomic E-state index is 10.3. The summed E-state index contributed by atoms with van der Waals surface area (Å²) < 4.78 is 0. The number of hydrogen-bond acceptors (Lipinski definition) is 2. The summed E-state index contributed by atoms with van der Waals surface area (Å²) in [6.07, 6.45) is -1.11. The molecule has 0 atom stereocenters. The third-order valence-corrected chi connectivity index (χ3v) is 0.696. The fourth-order valence-corrected chi connectivity index (χ4v) is 0.575. The number of hydrogen-bond donors (Lipinski definition) is 2. The van der Waals surface area contributed by atoms with Crippen molar-refractivity contribution in [2.45, 2.75) is 27.2 Å². The van der Waals surface area contributed by atoms with E-state index in [1.165, 1.54) is 0 Å². The van der Waals surface area contributed by atoms with Crippen molar-refractivity contribution in [1.82, 2.24) is 0 Å².